The molecule has 1 unspecified atom stereocenters. The van der Waals surface area contributed by atoms with Crippen LogP contribution in [0.3, 0.4) is 0 Å². The Hall–Kier alpha value is -2.11. The largest absolute Gasteiger partial charge is 0.478 e. The van der Waals surface area contributed by atoms with E-state index in [9.17, 15) is 14.9 Å². The monoisotopic (exact) mass is 250 g/mol. The van der Waals surface area contributed by atoms with Gasteiger partial charge in [0.15, 0.2) is 0 Å². The lowest BCUT2D eigenvalue weighted by atomic mass is 10.1. The minimum absolute atomic E-state index is 0.0577. The van der Waals surface area contributed by atoms with Gasteiger partial charge in [-0.2, -0.15) is 0 Å². The van der Waals surface area contributed by atoms with E-state index in [1.807, 2.05) is 4.90 Å². The van der Waals surface area contributed by atoms with Crippen LogP contribution in [0.25, 0.3) is 0 Å². The van der Waals surface area contributed by atoms with E-state index in [0.29, 0.717) is 11.6 Å². The molecular weight excluding hydrogens is 236 g/mol. The zero-order chi connectivity index (χ0) is 13.3. The van der Waals surface area contributed by atoms with Gasteiger partial charge in [-0.25, -0.2) is 4.79 Å². The van der Waals surface area contributed by atoms with Crippen molar-refractivity contribution < 1.29 is 14.8 Å². The summed E-state index contributed by atoms with van der Waals surface area (Å²) in [6, 6.07) is 4.06. The van der Waals surface area contributed by atoms with Gasteiger partial charge < -0.3 is 10.0 Å². The molecule has 0 bridgehead atoms. The highest BCUT2D eigenvalue weighted by Crippen LogP contribution is 2.32. The first-order valence-electron chi connectivity index (χ1n) is 5.75. The zero-order valence-electron chi connectivity index (χ0n) is 10.00. The van der Waals surface area contributed by atoms with Gasteiger partial charge in [0.05, 0.1) is 10.5 Å². The number of aromatic carboxylic acids is 1. The predicted octanol–water partition coefficient (Wildman–Crippen LogP) is 2.14. The van der Waals surface area contributed by atoms with E-state index < -0.39 is 10.9 Å². The average Bonchev–Trinajstić information content (AvgIpc) is 2.74. The maximum atomic E-state index is 11.0. The Kier molecular flexibility index (Phi) is 3.18. The minimum Gasteiger partial charge on any atom is -0.478 e. The van der Waals surface area contributed by atoms with E-state index in [1.54, 1.807) is 0 Å². The van der Waals surface area contributed by atoms with Gasteiger partial charge in [-0.3, -0.25) is 10.1 Å². The van der Waals surface area contributed by atoms with Crippen molar-refractivity contribution in [2.45, 2.75) is 13.3 Å². The summed E-state index contributed by atoms with van der Waals surface area (Å²) in [4.78, 5) is 23.3. The van der Waals surface area contributed by atoms with Gasteiger partial charge in [-0.1, -0.05) is 6.92 Å². The fourth-order valence-corrected chi connectivity index (χ4v) is 2.22. The Balaban J connectivity index is 2.41. The maximum absolute atomic E-state index is 11.0. The zero-order valence-corrected chi connectivity index (χ0v) is 10.00. The summed E-state index contributed by atoms with van der Waals surface area (Å²) >= 11 is 0. The van der Waals surface area contributed by atoms with Crippen LogP contribution in [0.5, 0.6) is 0 Å². The molecule has 0 spiro atoms. The van der Waals surface area contributed by atoms with Gasteiger partial charge >= 0.3 is 5.97 Å². The molecule has 0 aromatic heterocycles. The number of carboxylic acids is 1. The van der Waals surface area contributed by atoms with Crippen LogP contribution in [0, 0.1) is 16.0 Å². The van der Waals surface area contributed by atoms with E-state index in [4.69, 9.17) is 5.11 Å². The van der Waals surface area contributed by atoms with Crippen LogP contribution in [0.15, 0.2) is 18.2 Å². The Labute approximate surface area is 104 Å². The van der Waals surface area contributed by atoms with Crippen molar-refractivity contribution in [3.8, 4) is 0 Å². The number of carbonyl (C=O) groups is 1. The molecule has 0 aliphatic carbocycles. The van der Waals surface area contributed by atoms with Crippen molar-refractivity contribution in [3.05, 3.63) is 33.9 Å². The van der Waals surface area contributed by atoms with Crippen LogP contribution in [0.2, 0.25) is 0 Å². The minimum atomic E-state index is -1.15. The van der Waals surface area contributed by atoms with Crippen molar-refractivity contribution >= 4 is 17.3 Å². The number of hydrogen-bond donors (Lipinski definition) is 1. The molecule has 0 amide bonds. The molecule has 18 heavy (non-hydrogen) atoms. The van der Waals surface area contributed by atoms with Gasteiger partial charge in [0.2, 0.25) is 0 Å². The first-order valence-corrected chi connectivity index (χ1v) is 5.75. The lowest BCUT2D eigenvalue weighted by molar-refractivity contribution is -0.384. The molecule has 1 aromatic rings. The summed E-state index contributed by atoms with van der Waals surface area (Å²) in [6.07, 6.45) is 0.998. The Morgan fingerprint density at radius 1 is 1.56 bits per heavy atom. The molecule has 1 aromatic carbocycles. The first-order chi connectivity index (χ1) is 8.49. The third kappa shape index (κ3) is 2.27. The molecule has 1 aliphatic rings. The third-order valence-corrected chi connectivity index (χ3v) is 3.18. The molecule has 0 saturated carbocycles. The second-order valence-electron chi connectivity index (χ2n) is 4.61. The highest BCUT2D eigenvalue weighted by molar-refractivity contribution is 5.89. The molecule has 1 saturated heterocycles. The number of carboxylic acid groups (broad SMARTS) is 1. The molecule has 1 fully saturated rings. The third-order valence-electron chi connectivity index (χ3n) is 3.18. The molecule has 96 valence electrons. The van der Waals surface area contributed by atoms with Crippen molar-refractivity contribution in [1.29, 1.82) is 0 Å². The van der Waals surface area contributed by atoms with Crippen LogP contribution in [0.1, 0.15) is 23.7 Å². The lowest BCUT2D eigenvalue weighted by Crippen LogP contribution is -2.20. The number of nitrogens with zero attached hydrogens (tertiary/aromatic N) is 2. The smallest absolute Gasteiger partial charge is 0.335 e. The fourth-order valence-electron chi connectivity index (χ4n) is 2.22. The van der Waals surface area contributed by atoms with E-state index >= 15 is 0 Å². The van der Waals surface area contributed by atoms with E-state index in [-0.39, 0.29) is 11.3 Å². The SMILES string of the molecule is CC1CCN(c2ccc(C(=O)O)cc2[N+](=O)[O-])C1. The summed E-state index contributed by atoms with van der Waals surface area (Å²) in [6.45, 7) is 3.64. The molecule has 1 aliphatic heterocycles. The number of rotatable bonds is 3. The van der Waals surface area contributed by atoms with Crippen LogP contribution < -0.4 is 4.90 Å². The molecule has 1 atom stereocenters. The first kappa shape index (κ1) is 12.3. The van der Waals surface area contributed by atoms with Gasteiger partial charge in [0.25, 0.3) is 5.69 Å². The highest BCUT2D eigenvalue weighted by Gasteiger charge is 2.26. The quantitative estimate of drug-likeness (QED) is 0.656. The normalized spacial score (nSPS) is 18.9. The van der Waals surface area contributed by atoms with Gasteiger partial charge in [0, 0.05) is 19.2 Å². The lowest BCUT2D eigenvalue weighted by Gasteiger charge is -2.18. The standard InChI is InChI=1S/C12H14N2O4/c1-8-4-5-13(7-8)10-3-2-9(12(15)16)6-11(10)14(17)18/h2-3,6,8H,4-5,7H2,1H3,(H,15,16). The van der Waals surface area contributed by atoms with Crippen LogP contribution in [-0.4, -0.2) is 29.1 Å². The number of nitro benzene ring substituents is 1. The molecule has 6 heteroatoms. The summed E-state index contributed by atoms with van der Waals surface area (Å²) < 4.78 is 0. The Morgan fingerprint density at radius 3 is 2.78 bits per heavy atom. The molecule has 2 rings (SSSR count). The van der Waals surface area contributed by atoms with Crippen molar-refractivity contribution in [3.63, 3.8) is 0 Å². The summed E-state index contributed by atoms with van der Waals surface area (Å²) in [7, 11) is 0. The topological polar surface area (TPSA) is 83.7 Å². The molecular formula is C12H14N2O4. The molecule has 6 nitrogen and oxygen atoms in total. The van der Waals surface area contributed by atoms with E-state index in [1.165, 1.54) is 12.1 Å². The summed E-state index contributed by atoms with van der Waals surface area (Å²) in [5.41, 5.74) is 0.316. The molecule has 0 radical (unpaired) electrons. The van der Waals surface area contributed by atoms with Crippen molar-refractivity contribution in [2.75, 3.05) is 18.0 Å². The second kappa shape index (κ2) is 4.64. The van der Waals surface area contributed by atoms with Crippen molar-refractivity contribution in [1.82, 2.24) is 0 Å². The van der Waals surface area contributed by atoms with E-state index in [2.05, 4.69) is 6.92 Å². The van der Waals surface area contributed by atoms with Crippen molar-refractivity contribution in [2.24, 2.45) is 5.92 Å². The van der Waals surface area contributed by atoms with Gasteiger partial charge in [0.1, 0.15) is 5.69 Å². The Morgan fingerprint density at radius 2 is 2.28 bits per heavy atom. The predicted molar refractivity (Wildman–Crippen MR) is 66.0 cm³/mol. The fraction of sp³-hybridized carbons (Fsp3) is 0.417. The second-order valence-corrected chi connectivity index (χ2v) is 4.61. The van der Waals surface area contributed by atoms with Crippen LogP contribution in [0.4, 0.5) is 11.4 Å². The van der Waals surface area contributed by atoms with Gasteiger partial charge in [-0.15, -0.1) is 0 Å². The number of nitro groups is 1. The maximum Gasteiger partial charge on any atom is 0.335 e. The van der Waals surface area contributed by atoms with E-state index in [0.717, 1.165) is 25.6 Å². The summed E-state index contributed by atoms with van der Waals surface area (Å²) in [5, 5.41) is 19.9. The molecule has 1 heterocycles. The summed E-state index contributed by atoms with van der Waals surface area (Å²) in [5.74, 6) is -0.650. The average molecular weight is 250 g/mol. The molecule has 1 N–H and O–H groups in total. The number of benzene rings is 1. The number of hydrogen-bond acceptors (Lipinski definition) is 4. The van der Waals surface area contributed by atoms with Crippen LogP contribution >= 0.6 is 0 Å². The Bertz CT molecular complexity index is 501. The highest BCUT2D eigenvalue weighted by atomic mass is 16.6. The van der Waals surface area contributed by atoms with Crippen LogP contribution in [-0.2, 0) is 0 Å². The number of anilines is 1. The van der Waals surface area contributed by atoms with Gasteiger partial charge in [-0.05, 0) is 24.5 Å².